The van der Waals surface area contributed by atoms with Gasteiger partial charge in [-0.25, -0.2) is 4.98 Å². The van der Waals surface area contributed by atoms with Crippen LogP contribution in [0.4, 0.5) is 5.69 Å². The van der Waals surface area contributed by atoms with Gasteiger partial charge >= 0.3 is 5.97 Å². The fraction of sp³-hybridized carbons (Fsp3) is 0.286. The van der Waals surface area contributed by atoms with E-state index in [0.717, 1.165) is 22.0 Å². The van der Waals surface area contributed by atoms with E-state index in [1.807, 2.05) is 41.6 Å². The van der Waals surface area contributed by atoms with Crippen molar-refractivity contribution in [3.05, 3.63) is 34.7 Å². The van der Waals surface area contributed by atoms with Crippen LogP contribution in [0.1, 0.15) is 11.4 Å². The Morgan fingerprint density at radius 1 is 1.40 bits per heavy atom. The highest BCUT2D eigenvalue weighted by atomic mass is 32.1. The van der Waals surface area contributed by atoms with Gasteiger partial charge in [-0.05, 0) is 19.2 Å². The molecule has 5 nitrogen and oxygen atoms in total. The Labute approximate surface area is 121 Å². The van der Waals surface area contributed by atoms with Crippen molar-refractivity contribution in [1.29, 1.82) is 0 Å². The molecule has 0 amide bonds. The summed E-state index contributed by atoms with van der Waals surface area (Å²) in [5, 5.41) is 11.6. The number of carboxylic acid groups (broad SMARTS) is 1. The number of nitrogens with zero attached hydrogens (tertiary/aromatic N) is 2. The molecular formula is C14H17N3O2S. The molecule has 0 bridgehead atoms. The second-order valence-electron chi connectivity index (χ2n) is 4.63. The summed E-state index contributed by atoms with van der Waals surface area (Å²) in [7, 11) is 1.90. The van der Waals surface area contributed by atoms with Crippen molar-refractivity contribution >= 4 is 23.0 Å². The molecule has 0 radical (unpaired) electrons. The zero-order valence-electron chi connectivity index (χ0n) is 11.2. The number of thiazole rings is 1. The topological polar surface area (TPSA) is 79.5 Å². The van der Waals surface area contributed by atoms with Crippen LogP contribution >= 0.6 is 11.3 Å². The number of aliphatic carboxylic acids is 1. The van der Waals surface area contributed by atoms with E-state index in [1.54, 1.807) is 11.3 Å². The zero-order chi connectivity index (χ0) is 14.5. The summed E-state index contributed by atoms with van der Waals surface area (Å²) in [4.78, 5) is 17.0. The van der Waals surface area contributed by atoms with Crippen LogP contribution in [-0.2, 0) is 11.3 Å². The Balaban J connectivity index is 1.98. The quantitative estimate of drug-likeness (QED) is 0.798. The van der Waals surface area contributed by atoms with Crippen LogP contribution < -0.4 is 5.73 Å². The van der Waals surface area contributed by atoms with Crippen LogP contribution in [0.15, 0.2) is 29.6 Å². The van der Waals surface area contributed by atoms with Crippen molar-refractivity contribution in [2.75, 3.05) is 19.3 Å². The van der Waals surface area contributed by atoms with Crippen LogP contribution in [0.5, 0.6) is 0 Å². The number of nitrogens with two attached hydrogens (primary N) is 1. The van der Waals surface area contributed by atoms with Gasteiger partial charge in [0.1, 0.15) is 5.01 Å². The summed E-state index contributed by atoms with van der Waals surface area (Å²) in [5.41, 5.74) is 8.36. The normalized spacial score (nSPS) is 10.9. The van der Waals surface area contributed by atoms with Crippen molar-refractivity contribution in [3.8, 4) is 11.3 Å². The molecule has 0 unspecified atom stereocenters. The van der Waals surface area contributed by atoms with Crippen LogP contribution in [0.25, 0.3) is 11.3 Å². The van der Waals surface area contributed by atoms with E-state index in [2.05, 4.69) is 4.98 Å². The first kappa shape index (κ1) is 14.5. The molecule has 3 N–H and O–H groups in total. The number of nitrogen functional groups attached to an aromatic ring is 1. The lowest BCUT2D eigenvalue weighted by molar-refractivity contribution is -0.137. The van der Waals surface area contributed by atoms with Gasteiger partial charge in [-0.15, -0.1) is 11.3 Å². The molecular weight excluding hydrogens is 274 g/mol. The maximum absolute atomic E-state index is 10.5. The maximum atomic E-state index is 10.5. The van der Waals surface area contributed by atoms with E-state index in [0.29, 0.717) is 13.1 Å². The number of carbonyl (C=O) groups is 1. The molecule has 106 valence electrons. The third-order valence-electron chi connectivity index (χ3n) is 2.87. The summed E-state index contributed by atoms with van der Waals surface area (Å²) in [6.07, 6.45) is 0.146. The van der Waals surface area contributed by atoms with E-state index in [9.17, 15) is 4.79 Å². The third-order valence-corrected chi connectivity index (χ3v) is 3.70. The van der Waals surface area contributed by atoms with E-state index in [4.69, 9.17) is 10.8 Å². The van der Waals surface area contributed by atoms with Crippen LogP contribution in [-0.4, -0.2) is 34.6 Å². The fourth-order valence-corrected chi connectivity index (χ4v) is 2.65. The molecule has 2 aromatic rings. The third kappa shape index (κ3) is 4.04. The predicted molar refractivity (Wildman–Crippen MR) is 80.5 cm³/mol. The molecule has 1 aromatic carbocycles. The van der Waals surface area contributed by atoms with Crippen molar-refractivity contribution in [2.45, 2.75) is 13.0 Å². The molecule has 0 atom stereocenters. The molecule has 0 spiro atoms. The molecule has 6 heteroatoms. The monoisotopic (exact) mass is 291 g/mol. The van der Waals surface area contributed by atoms with Gasteiger partial charge in [0.05, 0.1) is 18.7 Å². The standard InChI is InChI=1S/C14H17N3O2S/c1-17(7-6-14(18)19)8-13-16-12(9-20-13)10-2-4-11(15)5-3-10/h2-5,9H,6-8,15H2,1H3,(H,18,19). The number of hydrogen-bond acceptors (Lipinski definition) is 5. The van der Waals surface area contributed by atoms with Crippen molar-refractivity contribution in [3.63, 3.8) is 0 Å². The highest BCUT2D eigenvalue weighted by Gasteiger charge is 2.08. The predicted octanol–water partition coefficient (Wildman–Crippen LogP) is 2.30. The average molecular weight is 291 g/mol. The molecule has 0 saturated carbocycles. The minimum atomic E-state index is -0.779. The maximum Gasteiger partial charge on any atom is 0.304 e. The first-order valence-electron chi connectivity index (χ1n) is 6.25. The molecule has 2 rings (SSSR count). The molecule has 0 aliphatic heterocycles. The largest absolute Gasteiger partial charge is 0.481 e. The van der Waals surface area contributed by atoms with Crippen molar-refractivity contribution in [2.24, 2.45) is 0 Å². The van der Waals surface area contributed by atoms with Crippen molar-refractivity contribution < 1.29 is 9.90 Å². The molecule has 0 saturated heterocycles. The van der Waals surface area contributed by atoms with Crippen molar-refractivity contribution in [1.82, 2.24) is 9.88 Å². The summed E-state index contributed by atoms with van der Waals surface area (Å²) < 4.78 is 0. The highest BCUT2D eigenvalue weighted by Crippen LogP contribution is 2.23. The Kier molecular flexibility index (Phi) is 4.70. The Morgan fingerprint density at radius 2 is 2.10 bits per heavy atom. The number of anilines is 1. The van der Waals surface area contributed by atoms with Gasteiger partial charge in [0.15, 0.2) is 0 Å². The van der Waals surface area contributed by atoms with E-state index in [-0.39, 0.29) is 6.42 Å². The lowest BCUT2D eigenvalue weighted by Crippen LogP contribution is -2.21. The summed E-state index contributed by atoms with van der Waals surface area (Å²) in [6.45, 7) is 1.18. The second kappa shape index (κ2) is 6.49. The van der Waals surface area contributed by atoms with E-state index in [1.165, 1.54) is 0 Å². The van der Waals surface area contributed by atoms with Gasteiger partial charge in [0.2, 0.25) is 0 Å². The van der Waals surface area contributed by atoms with Gasteiger partial charge in [-0.3, -0.25) is 9.69 Å². The van der Waals surface area contributed by atoms with Gasteiger partial charge in [-0.2, -0.15) is 0 Å². The molecule has 1 aromatic heterocycles. The molecule has 20 heavy (non-hydrogen) atoms. The smallest absolute Gasteiger partial charge is 0.304 e. The lowest BCUT2D eigenvalue weighted by atomic mass is 10.1. The van der Waals surface area contributed by atoms with Crippen LogP contribution in [0.2, 0.25) is 0 Å². The van der Waals surface area contributed by atoms with E-state index >= 15 is 0 Å². The number of carboxylic acids is 1. The number of aromatic nitrogens is 1. The van der Waals surface area contributed by atoms with Gasteiger partial charge in [0.25, 0.3) is 0 Å². The minimum absolute atomic E-state index is 0.146. The van der Waals surface area contributed by atoms with E-state index < -0.39 is 5.97 Å². The van der Waals surface area contributed by atoms with Crippen LogP contribution in [0.3, 0.4) is 0 Å². The Hall–Kier alpha value is -1.92. The molecule has 0 aliphatic rings. The first-order chi connectivity index (χ1) is 9.54. The highest BCUT2D eigenvalue weighted by molar-refractivity contribution is 7.09. The lowest BCUT2D eigenvalue weighted by Gasteiger charge is -2.12. The summed E-state index contributed by atoms with van der Waals surface area (Å²) in [5.74, 6) is -0.779. The van der Waals surface area contributed by atoms with Gasteiger partial charge < -0.3 is 10.8 Å². The zero-order valence-corrected chi connectivity index (χ0v) is 12.1. The summed E-state index contributed by atoms with van der Waals surface area (Å²) >= 11 is 1.58. The molecule has 1 heterocycles. The average Bonchev–Trinajstić information content (AvgIpc) is 2.85. The SMILES string of the molecule is CN(CCC(=O)O)Cc1nc(-c2ccc(N)cc2)cs1. The molecule has 0 aliphatic carbocycles. The first-order valence-corrected chi connectivity index (χ1v) is 7.13. The number of rotatable bonds is 6. The van der Waals surface area contributed by atoms with Gasteiger partial charge in [-0.1, -0.05) is 12.1 Å². The number of benzene rings is 1. The Bertz CT molecular complexity index is 580. The molecule has 0 fully saturated rings. The Morgan fingerprint density at radius 3 is 2.75 bits per heavy atom. The second-order valence-corrected chi connectivity index (χ2v) is 5.57. The van der Waals surface area contributed by atoms with Crippen LogP contribution in [0, 0.1) is 0 Å². The fourth-order valence-electron chi connectivity index (χ4n) is 1.77. The summed E-state index contributed by atoms with van der Waals surface area (Å²) in [6, 6.07) is 7.60. The van der Waals surface area contributed by atoms with Gasteiger partial charge in [0, 0.05) is 23.2 Å². The minimum Gasteiger partial charge on any atom is -0.481 e. The number of hydrogen-bond donors (Lipinski definition) is 2.